The monoisotopic (exact) mass is 1070 g/mol. The second-order valence-electron chi connectivity index (χ2n) is 19.3. The second kappa shape index (κ2) is 39.3. The minimum absolute atomic E-state index is 0.207. The third-order valence-electron chi connectivity index (χ3n) is 13.2. The summed E-state index contributed by atoms with van der Waals surface area (Å²) in [5.41, 5.74) is 0. The summed E-state index contributed by atoms with van der Waals surface area (Å²) in [6, 6.07) is -1.00. The number of aliphatic hydroxyl groups is 11. The molecule has 3 rings (SSSR count). The van der Waals surface area contributed by atoms with Crippen molar-refractivity contribution < 1.29 is 89.4 Å². The van der Waals surface area contributed by atoms with Crippen LogP contribution in [0.25, 0.3) is 0 Å². The van der Waals surface area contributed by atoms with Gasteiger partial charge in [0, 0.05) is 6.42 Å². The number of hydrogen-bond acceptors (Lipinski definition) is 18. The van der Waals surface area contributed by atoms with Crippen molar-refractivity contribution in [3.8, 4) is 0 Å². The topological polar surface area (TPSA) is 307 Å². The highest BCUT2D eigenvalue weighted by atomic mass is 16.8. The predicted molar refractivity (Wildman–Crippen MR) is 281 cm³/mol. The summed E-state index contributed by atoms with van der Waals surface area (Å²) in [4.78, 5) is 13.2. The molecule has 0 bridgehead atoms. The summed E-state index contributed by atoms with van der Waals surface area (Å²) in [6.07, 6.45) is 18.8. The summed E-state index contributed by atoms with van der Waals surface area (Å²) in [5, 5.41) is 120. The number of carbonyl (C=O) groups is 1. The van der Waals surface area contributed by atoms with Gasteiger partial charge in [-0.15, -0.1) is 0 Å². The van der Waals surface area contributed by atoms with Crippen LogP contribution in [0.1, 0.15) is 129 Å². The lowest BCUT2D eigenvalue weighted by atomic mass is 9.96. The van der Waals surface area contributed by atoms with E-state index in [1.165, 1.54) is 6.42 Å². The molecular weight excluding hydrogens is 975 g/mol. The standard InChI is InChI=1S/C56H93NO18/c1-3-5-7-9-11-13-14-15-16-17-18-19-20-21-22-23-24-26-28-30-32-34-44(62)57-39(40(61)33-31-29-27-25-12-10-8-6-4-2)38-70-54-50(68)47(65)52(42(36-59)72-54)75-56-51(69)48(66)53(43(37-60)73-56)74-55-49(67)46(64)45(63)41(35-58)71-55/h5,7,11-13,15-16,18-19,21-22,25,31,33,39-43,45-56,58-61,63-69H,3-4,6,8-10,14,17,20,23-24,26-30,32,34-38H2,1-2H3,(H,57,62)/b7-5-,13-11-,16-15-,19-18-,22-21-,25-12+,33-31+. The van der Waals surface area contributed by atoms with E-state index in [0.29, 0.717) is 12.8 Å². The molecule has 0 spiro atoms. The molecule has 19 nitrogen and oxygen atoms in total. The summed E-state index contributed by atoms with van der Waals surface area (Å²) in [6.45, 7) is 1.46. The molecule has 3 saturated heterocycles. The Balaban J connectivity index is 1.51. The Morgan fingerprint density at radius 1 is 0.493 bits per heavy atom. The Kier molecular flexibility index (Phi) is 34.8. The highest BCUT2D eigenvalue weighted by Crippen LogP contribution is 2.33. The van der Waals surface area contributed by atoms with Gasteiger partial charge in [0.1, 0.15) is 73.2 Å². The molecule has 3 fully saturated rings. The van der Waals surface area contributed by atoms with E-state index in [0.717, 1.165) is 89.9 Å². The maximum absolute atomic E-state index is 13.2. The molecule has 75 heavy (non-hydrogen) atoms. The van der Waals surface area contributed by atoms with Crippen molar-refractivity contribution in [2.45, 2.75) is 234 Å². The van der Waals surface area contributed by atoms with Gasteiger partial charge in [-0.2, -0.15) is 0 Å². The fourth-order valence-electron chi connectivity index (χ4n) is 8.64. The normalized spacial score (nSPS) is 31.9. The molecule has 17 unspecified atom stereocenters. The van der Waals surface area contributed by atoms with Crippen LogP contribution in [-0.4, -0.2) is 193 Å². The lowest BCUT2D eigenvalue weighted by molar-refractivity contribution is -0.379. The molecule has 17 atom stereocenters. The Morgan fingerprint density at radius 3 is 1.49 bits per heavy atom. The molecule has 3 aliphatic rings. The SMILES string of the molecule is CC/C=C\C/C=C\C/C=C\C/C=C\C/C=C\CCCCCCCC(=O)NC(COC1OC(CO)C(OC2OC(CO)C(OC3OC(CO)C(O)C(O)C3O)C(O)C2O)C(O)C1O)C(O)/C=C/CC/C=C/CCCCC. The number of hydrogen-bond donors (Lipinski definition) is 12. The number of rotatable bonds is 37. The van der Waals surface area contributed by atoms with E-state index in [-0.39, 0.29) is 18.9 Å². The summed E-state index contributed by atoms with van der Waals surface area (Å²) >= 11 is 0. The number of carbonyl (C=O) groups excluding carboxylic acids is 1. The highest BCUT2D eigenvalue weighted by Gasteiger charge is 2.53. The zero-order valence-corrected chi connectivity index (χ0v) is 44.2. The molecule has 0 aliphatic carbocycles. The molecule has 0 aromatic heterocycles. The Hall–Kier alpha value is -3.03. The van der Waals surface area contributed by atoms with Crippen LogP contribution in [0.15, 0.2) is 85.1 Å². The first-order chi connectivity index (χ1) is 36.3. The molecule has 1 amide bonds. The smallest absolute Gasteiger partial charge is 0.220 e. The van der Waals surface area contributed by atoms with Crippen LogP contribution >= 0.6 is 0 Å². The fourth-order valence-corrected chi connectivity index (χ4v) is 8.64. The van der Waals surface area contributed by atoms with Gasteiger partial charge in [0.15, 0.2) is 18.9 Å². The van der Waals surface area contributed by atoms with Crippen molar-refractivity contribution in [2.75, 3.05) is 26.4 Å². The first-order valence-corrected chi connectivity index (χ1v) is 27.3. The number of nitrogens with one attached hydrogen (secondary N) is 1. The third kappa shape index (κ3) is 24.3. The highest BCUT2D eigenvalue weighted by molar-refractivity contribution is 5.76. The Morgan fingerprint density at radius 2 is 0.933 bits per heavy atom. The second-order valence-corrected chi connectivity index (χ2v) is 19.3. The van der Waals surface area contributed by atoms with Crippen molar-refractivity contribution >= 4 is 5.91 Å². The van der Waals surface area contributed by atoms with Gasteiger partial charge < -0.3 is 89.9 Å². The van der Waals surface area contributed by atoms with Gasteiger partial charge in [-0.3, -0.25) is 4.79 Å². The molecule has 0 aromatic carbocycles. The Labute approximate surface area is 444 Å². The van der Waals surface area contributed by atoms with Gasteiger partial charge >= 0.3 is 0 Å². The van der Waals surface area contributed by atoms with Crippen LogP contribution in [0.2, 0.25) is 0 Å². The first kappa shape index (κ1) is 66.3. The zero-order valence-electron chi connectivity index (χ0n) is 44.2. The minimum Gasteiger partial charge on any atom is -0.394 e. The van der Waals surface area contributed by atoms with Gasteiger partial charge in [-0.1, -0.05) is 131 Å². The number of amides is 1. The third-order valence-corrected chi connectivity index (χ3v) is 13.2. The molecule has 0 aromatic rings. The van der Waals surface area contributed by atoms with E-state index >= 15 is 0 Å². The average molecular weight is 1070 g/mol. The van der Waals surface area contributed by atoms with Gasteiger partial charge in [0.2, 0.25) is 5.91 Å². The largest absolute Gasteiger partial charge is 0.394 e. The number of ether oxygens (including phenoxy) is 6. The zero-order chi connectivity index (χ0) is 54.8. The molecule has 3 aliphatic heterocycles. The van der Waals surface area contributed by atoms with Gasteiger partial charge in [0.05, 0.1) is 38.6 Å². The first-order valence-electron chi connectivity index (χ1n) is 27.3. The van der Waals surface area contributed by atoms with Crippen LogP contribution < -0.4 is 5.32 Å². The molecule has 0 saturated carbocycles. The van der Waals surface area contributed by atoms with Crippen molar-refractivity contribution in [1.29, 1.82) is 0 Å². The molecular formula is C56H93NO18. The average Bonchev–Trinajstić information content (AvgIpc) is 3.41. The predicted octanol–water partition coefficient (Wildman–Crippen LogP) is 3.25. The number of unbranched alkanes of at least 4 members (excludes halogenated alkanes) is 9. The Bertz CT molecular complexity index is 1700. The minimum atomic E-state index is -1.98. The van der Waals surface area contributed by atoms with E-state index in [9.17, 15) is 61.0 Å². The van der Waals surface area contributed by atoms with Crippen molar-refractivity contribution in [3.05, 3.63) is 85.1 Å². The van der Waals surface area contributed by atoms with E-state index in [2.05, 4.69) is 92.1 Å². The molecule has 430 valence electrons. The molecule has 12 N–H and O–H groups in total. The maximum atomic E-state index is 13.2. The number of allylic oxidation sites excluding steroid dienone is 13. The fraction of sp³-hybridized carbons (Fsp3) is 0.732. The summed E-state index contributed by atoms with van der Waals surface area (Å²) in [7, 11) is 0. The van der Waals surface area contributed by atoms with Gasteiger partial charge in [-0.25, -0.2) is 0 Å². The van der Waals surface area contributed by atoms with Crippen LogP contribution in [0, 0.1) is 0 Å². The van der Waals surface area contributed by atoms with Crippen LogP contribution in [0.3, 0.4) is 0 Å². The molecule has 3 heterocycles. The van der Waals surface area contributed by atoms with Crippen LogP contribution in [-0.2, 0) is 33.2 Å². The number of aliphatic hydroxyl groups excluding tert-OH is 11. The quantitative estimate of drug-likeness (QED) is 0.0314. The van der Waals surface area contributed by atoms with Crippen LogP contribution in [0.5, 0.6) is 0 Å². The summed E-state index contributed by atoms with van der Waals surface area (Å²) < 4.78 is 34.1. The van der Waals surface area contributed by atoms with Gasteiger partial charge in [-0.05, 0) is 77.0 Å². The lowest BCUT2D eigenvalue weighted by Crippen LogP contribution is -2.66. The van der Waals surface area contributed by atoms with Crippen molar-refractivity contribution in [3.63, 3.8) is 0 Å². The van der Waals surface area contributed by atoms with Gasteiger partial charge in [0.25, 0.3) is 0 Å². The van der Waals surface area contributed by atoms with E-state index in [1.54, 1.807) is 6.08 Å². The lowest BCUT2D eigenvalue weighted by Gasteiger charge is -2.48. The van der Waals surface area contributed by atoms with E-state index in [4.69, 9.17) is 28.4 Å². The molecule has 0 radical (unpaired) electrons. The molecule has 19 heteroatoms. The summed E-state index contributed by atoms with van der Waals surface area (Å²) in [5.74, 6) is -0.313. The van der Waals surface area contributed by atoms with E-state index in [1.807, 2.05) is 6.08 Å². The maximum Gasteiger partial charge on any atom is 0.220 e. The van der Waals surface area contributed by atoms with Crippen molar-refractivity contribution in [2.24, 2.45) is 0 Å². The van der Waals surface area contributed by atoms with Crippen LogP contribution in [0.4, 0.5) is 0 Å². The van der Waals surface area contributed by atoms with E-state index < -0.39 is 124 Å². The van der Waals surface area contributed by atoms with Crippen molar-refractivity contribution in [1.82, 2.24) is 5.32 Å².